The standard InChI is InChI=1S/C19H20ClN3O5S/c1-19(2,3)21-17(24)11-7-5-6-8-13(11)22-29(26,27)16-10-15-14(9-12(16)20)23(4)18(25)28-15/h5-10,22H,1-4H3,(H,21,24). The molecule has 0 aliphatic heterocycles. The third-order valence-corrected chi connectivity index (χ3v) is 5.87. The van der Waals surface area contributed by atoms with Crippen LogP contribution in [0.5, 0.6) is 0 Å². The Morgan fingerprint density at radius 2 is 1.83 bits per heavy atom. The van der Waals surface area contributed by atoms with Gasteiger partial charge in [0.05, 0.1) is 21.8 Å². The van der Waals surface area contributed by atoms with Gasteiger partial charge in [-0.1, -0.05) is 23.7 Å². The maximum atomic E-state index is 13.0. The van der Waals surface area contributed by atoms with Crippen LogP contribution in [0.25, 0.3) is 11.1 Å². The SMILES string of the molecule is Cn1c(=O)oc2cc(S(=O)(=O)Nc3ccccc3C(=O)NC(C)(C)C)c(Cl)cc21. The highest BCUT2D eigenvalue weighted by molar-refractivity contribution is 7.92. The number of aromatic nitrogens is 1. The van der Waals surface area contributed by atoms with E-state index in [1.807, 2.05) is 20.8 Å². The molecule has 29 heavy (non-hydrogen) atoms. The number of amides is 1. The van der Waals surface area contributed by atoms with E-state index < -0.39 is 27.2 Å². The van der Waals surface area contributed by atoms with Gasteiger partial charge in [-0.3, -0.25) is 14.1 Å². The van der Waals surface area contributed by atoms with Crippen LogP contribution >= 0.6 is 11.6 Å². The van der Waals surface area contributed by atoms with Crippen molar-refractivity contribution in [3.05, 3.63) is 57.5 Å². The Balaban J connectivity index is 2.03. The predicted molar refractivity (Wildman–Crippen MR) is 111 cm³/mol. The first-order valence-electron chi connectivity index (χ1n) is 8.62. The number of sulfonamides is 1. The highest BCUT2D eigenvalue weighted by Gasteiger charge is 2.24. The van der Waals surface area contributed by atoms with E-state index in [1.165, 1.54) is 35.9 Å². The van der Waals surface area contributed by atoms with Crippen LogP contribution in [0.2, 0.25) is 5.02 Å². The number of anilines is 1. The fourth-order valence-electron chi connectivity index (χ4n) is 2.71. The van der Waals surface area contributed by atoms with Gasteiger partial charge in [0.15, 0.2) is 5.58 Å². The minimum Gasteiger partial charge on any atom is -0.408 e. The molecule has 0 saturated carbocycles. The highest BCUT2D eigenvalue weighted by Crippen LogP contribution is 2.29. The van der Waals surface area contributed by atoms with Gasteiger partial charge in [0.1, 0.15) is 4.90 Å². The number of hydrogen-bond donors (Lipinski definition) is 2. The van der Waals surface area contributed by atoms with Gasteiger partial charge < -0.3 is 9.73 Å². The zero-order valence-electron chi connectivity index (χ0n) is 16.2. The number of carbonyl (C=O) groups excluding carboxylic acids is 1. The summed E-state index contributed by atoms with van der Waals surface area (Å²) < 4.78 is 34.6. The number of halogens is 1. The third kappa shape index (κ3) is 4.30. The molecule has 0 spiro atoms. The number of aryl methyl sites for hydroxylation is 1. The second-order valence-electron chi connectivity index (χ2n) is 7.53. The Kier molecular flexibility index (Phi) is 5.22. The van der Waals surface area contributed by atoms with E-state index in [4.69, 9.17) is 16.0 Å². The molecule has 0 bridgehead atoms. The maximum absolute atomic E-state index is 13.0. The summed E-state index contributed by atoms with van der Waals surface area (Å²) in [5.41, 5.74) is 0.210. The van der Waals surface area contributed by atoms with Crippen LogP contribution in [0.4, 0.5) is 5.69 Å². The summed E-state index contributed by atoms with van der Waals surface area (Å²) >= 11 is 6.17. The molecule has 1 amide bonds. The molecular formula is C19H20ClN3O5S. The van der Waals surface area contributed by atoms with Crippen LogP contribution in [0.1, 0.15) is 31.1 Å². The Morgan fingerprint density at radius 3 is 2.48 bits per heavy atom. The molecule has 1 aromatic heterocycles. The summed E-state index contributed by atoms with van der Waals surface area (Å²) in [6.45, 7) is 5.46. The van der Waals surface area contributed by atoms with E-state index in [9.17, 15) is 18.0 Å². The molecule has 0 atom stereocenters. The van der Waals surface area contributed by atoms with Crippen molar-refractivity contribution in [3.63, 3.8) is 0 Å². The molecule has 2 aromatic carbocycles. The van der Waals surface area contributed by atoms with Gasteiger partial charge in [-0.05, 0) is 39.0 Å². The van der Waals surface area contributed by atoms with E-state index in [1.54, 1.807) is 12.1 Å². The number of oxazole rings is 1. The van der Waals surface area contributed by atoms with Crippen LogP contribution in [0.3, 0.4) is 0 Å². The molecule has 0 unspecified atom stereocenters. The zero-order chi connectivity index (χ0) is 21.6. The Morgan fingerprint density at radius 1 is 1.17 bits per heavy atom. The smallest absolute Gasteiger partial charge is 0.408 e. The monoisotopic (exact) mass is 437 g/mol. The van der Waals surface area contributed by atoms with Crippen molar-refractivity contribution >= 4 is 44.3 Å². The topological polar surface area (TPSA) is 110 Å². The van der Waals surface area contributed by atoms with E-state index in [2.05, 4.69) is 10.0 Å². The van der Waals surface area contributed by atoms with Crippen LogP contribution in [-0.4, -0.2) is 24.4 Å². The number of nitrogens with one attached hydrogen (secondary N) is 2. The fourth-order valence-corrected chi connectivity index (χ4v) is 4.33. The molecule has 154 valence electrons. The quantitative estimate of drug-likeness (QED) is 0.651. The lowest BCUT2D eigenvalue weighted by Gasteiger charge is -2.21. The van der Waals surface area contributed by atoms with E-state index in [0.29, 0.717) is 5.52 Å². The van der Waals surface area contributed by atoms with Crippen LogP contribution < -0.4 is 15.8 Å². The Bertz CT molecular complexity index is 1270. The summed E-state index contributed by atoms with van der Waals surface area (Å²) in [7, 11) is -2.68. The van der Waals surface area contributed by atoms with Crippen molar-refractivity contribution in [2.45, 2.75) is 31.2 Å². The molecule has 3 aromatic rings. The van der Waals surface area contributed by atoms with Gasteiger partial charge >= 0.3 is 5.76 Å². The molecule has 0 radical (unpaired) electrons. The van der Waals surface area contributed by atoms with Crippen molar-refractivity contribution in [1.29, 1.82) is 0 Å². The van der Waals surface area contributed by atoms with Gasteiger partial charge in [0.25, 0.3) is 15.9 Å². The van der Waals surface area contributed by atoms with Crippen LogP contribution in [0, 0.1) is 0 Å². The average molecular weight is 438 g/mol. The van der Waals surface area contributed by atoms with Crippen molar-refractivity contribution < 1.29 is 17.6 Å². The van der Waals surface area contributed by atoms with E-state index in [0.717, 1.165) is 0 Å². The second-order valence-corrected chi connectivity index (χ2v) is 9.59. The summed E-state index contributed by atoms with van der Waals surface area (Å²) in [5, 5.41) is 2.71. The van der Waals surface area contributed by atoms with Gasteiger partial charge in [0, 0.05) is 18.7 Å². The van der Waals surface area contributed by atoms with Crippen molar-refractivity contribution in [2.75, 3.05) is 4.72 Å². The minimum absolute atomic E-state index is 0.0843. The predicted octanol–water partition coefficient (Wildman–Crippen LogP) is 3.11. The molecule has 0 aliphatic carbocycles. The van der Waals surface area contributed by atoms with Gasteiger partial charge in [0.2, 0.25) is 0 Å². The van der Waals surface area contributed by atoms with Gasteiger partial charge in [-0.15, -0.1) is 0 Å². The normalized spacial score (nSPS) is 12.2. The third-order valence-electron chi connectivity index (χ3n) is 4.04. The number of fused-ring (bicyclic) bond motifs is 1. The average Bonchev–Trinajstić information content (AvgIpc) is 2.87. The van der Waals surface area contributed by atoms with Crippen molar-refractivity contribution in [3.8, 4) is 0 Å². The fraction of sp³-hybridized carbons (Fsp3) is 0.263. The number of para-hydroxylation sites is 1. The number of carbonyl (C=O) groups is 1. The van der Waals surface area contributed by atoms with Gasteiger partial charge in [-0.2, -0.15) is 0 Å². The summed E-state index contributed by atoms with van der Waals surface area (Å²) in [4.78, 5) is 24.0. The van der Waals surface area contributed by atoms with Crippen LogP contribution in [-0.2, 0) is 17.1 Å². The molecular weight excluding hydrogens is 418 g/mol. The van der Waals surface area contributed by atoms with E-state index >= 15 is 0 Å². The largest absolute Gasteiger partial charge is 0.419 e. The lowest BCUT2D eigenvalue weighted by molar-refractivity contribution is 0.0920. The summed E-state index contributed by atoms with van der Waals surface area (Å²) in [6, 6.07) is 8.75. The number of rotatable bonds is 4. The zero-order valence-corrected chi connectivity index (χ0v) is 17.8. The Labute approximate surface area is 172 Å². The molecule has 1 heterocycles. The molecule has 0 fully saturated rings. The highest BCUT2D eigenvalue weighted by atomic mass is 35.5. The van der Waals surface area contributed by atoms with E-state index in [-0.39, 0.29) is 26.8 Å². The second kappa shape index (κ2) is 7.23. The van der Waals surface area contributed by atoms with Crippen LogP contribution in [0.15, 0.2) is 50.5 Å². The first-order valence-corrected chi connectivity index (χ1v) is 10.5. The molecule has 3 rings (SSSR count). The molecule has 0 aliphatic rings. The van der Waals surface area contributed by atoms with Crippen molar-refractivity contribution in [1.82, 2.24) is 9.88 Å². The summed E-state index contributed by atoms with van der Waals surface area (Å²) in [5.74, 6) is -1.06. The molecule has 10 heteroatoms. The minimum atomic E-state index is -4.17. The first kappa shape index (κ1) is 20.9. The maximum Gasteiger partial charge on any atom is 0.419 e. The molecule has 0 saturated heterocycles. The lowest BCUT2D eigenvalue weighted by Crippen LogP contribution is -2.40. The summed E-state index contributed by atoms with van der Waals surface area (Å²) in [6.07, 6.45) is 0. The molecule has 8 nitrogen and oxygen atoms in total. The molecule has 2 N–H and O–H groups in total. The Hall–Kier alpha value is -2.78. The van der Waals surface area contributed by atoms with Crippen molar-refractivity contribution in [2.24, 2.45) is 7.05 Å². The number of hydrogen-bond acceptors (Lipinski definition) is 5. The number of nitrogens with zero attached hydrogens (tertiary/aromatic N) is 1. The lowest BCUT2D eigenvalue weighted by atomic mass is 10.1. The van der Waals surface area contributed by atoms with Gasteiger partial charge in [-0.25, -0.2) is 13.2 Å². The first-order chi connectivity index (χ1) is 13.4. The number of benzene rings is 2.